The third-order valence-corrected chi connectivity index (χ3v) is 6.53. The van der Waals surface area contributed by atoms with E-state index in [-0.39, 0.29) is 11.7 Å². The number of hydrogen-bond donors (Lipinski definition) is 1. The summed E-state index contributed by atoms with van der Waals surface area (Å²) in [5.41, 5.74) is 6.69. The molecule has 0 unspecified atom stereocenters. The lowest BCUT2D eigenvalue weighted by Crippen LogP contribution is -2.16. The van der Waals surface area contributed by atoms with Crippen LogP contribution in [0.3, 0.4) is 0 Å². The average Bonchev–Trinajstić information content (AvgIpc) is 3.42. The predicted octanol–water partition coefficient (Wildman–Crippen LogP) is 4.85. The summed E-state index contributed by atoms with van der Waals surface area (Å²) in [6.07, 6.45) is 3.40. The van der Waals surface area contributed by atoms with Gasteiger partial charge in [0.05, 0.1) is 34.2 Å². The highest BCUT2D eigenvalue weighted by atomic mass is 32.2. The Hall–Kier alpha value is -3.46. The van der Waals surface area contributed by atoms with Gasteiger partial charge in [0.15, 0.2) is 0 Å². The molecule has 2 aromatic heterocycles. The molecule has 0 fully saturated rings. The molecule has 0 bridgehead atoms. The highest BCUT2D eigenvalue weighted by Crippen LogP contribution is 2.24. The number of nitrogens with zero attached hydrogens (tertiary/aromatic N) is 6. The monoisotopic (exact) mass is 475 g/mol. The number of carbonyl (C=O) groups excluding carboxylic acids is 1. The lowest BCUT2D eigenvalue weighted by atomic mass is 10.1. The summed E-state index contributed by atoms with van der Waals surface area (Å²) in [6, 6.07) is 16.4. The van der Waals surface area contributed by atoms with E-state index in [1.807, 2.05) is 61.9 Å². The number of aromatic nitrogens is 6. The van der Waals surface area contributed by atoms with Crippen LogP contribution in [0.1, 0.15) is 42.3 Å². The van der Waals surface area contributed by atoms with Gasteiger partial charge < -0.3 is 5.32 Å². The fourth-order valence-corrected chi connectivity index (χ4v) is 4.37. The summed E-state index contributed by atoms with van der Waals surface area (Å²) >= 11 is 1.30. The van der Waals surface area contributed by atoms with E-state index in [4.69, 9.17) is 0 Å². The van der Waals surface area contributed by atoms with Gasteiger partial charge in [-0.05, 0) is 73.9 Å². The summed E-state index contributed by atoms with van der Waals surface area (Å²) in [7, 11) is 0. The van der Waals surface area contributed by atoms with Crippen molar-refractivity contribution in [3.63, 3.8) is 0 Å². The average molecular weight is 476 g/mol. The van der Waals surface area contributed by atoms with Gasteiger partial charge in [0.1, 0.15) is 0 Å². The number of amides is 1. The summed E-state index contributed by atoms with van der Waals surface area (Å²) in [5, 5.41) is 20.2. The summed E-state index contributed by atoms with van der Waals surface area (Å²) < 4.78 is 3.51. The third-order valence-electron chi connectivity index (χ3n) is 5.61. The summed E-state index contributed by atoms with van der Waals surface area (Å²) in [4.78, 5) is 12.7. The molecule has 0 atom stereocenters. The van der Waals surface area contributed by atoms with E-state index < -0.39 is 0 Å². The molecular formula is C25H29N7OS. The maximum Gasteiger partial charge on any atom is 0.234 e. The van der Waals surface area contributed by atoms with E-state index in [9.17, 15) is 4.79 Å². The van der Waals surface area contributed by atoms with Crippen LogP contribution >= 0.6 is 11.8 Å². The molecule has 4 rings (SSSR count). The van der Waals surface area contributed by atoms with Crippen LogP contribution in [0.25, 0.3) is 11.4 Å². The number of thioether (sulfide) groups is 1. The standard InChI is InChI=1S/C25H29N7OS/c1-5-6-7-20-10-14-22(15-11-20)32-25(27-29-30-32)34-16-23(33)26-24-18(3)28-31(19(24)4)21-12-8-17(2)9-13-21/h8-15H,5-7,16H2,1-4H3,(H,26,33). The van der Waals surface area contributed by atoms with Gasteiger partial charge in [-0.3, -0.25) is 4.79 Å². The highest BCUT2D eigenvalue weighted by molar-refractivity contribution is 7.99. The maximum atomic E-state index is 12.7. The zero-order valence-corrected chi connectivity index (χ0v) is 20.8. The Kier molecular flexibility index (Phi) is 7.42. The van der Waals surface area contributed by atoms with Gasteiger partial charge in [-0.1, -0.05) is 54.9 Å². The Morgan fingerprint density at radius 3 is 2.35 bits per heavy atom. The first kappa shape index (κ1) is 23.7. The number of anilines is 1. The number of unbranched alkanes of at least 4 members (excludes halogenated alkanes) is 1. The summed E-state index contributed by atoms with van der Waals surface area (Å²) in [5.74, 6) is 0.0490. The number of aryl methyl sites for hydroxylation is 3. The highest BCUT2D eigenvalue weighted by Gasteiger charge is 2.17. The molecule has 2 heterocycles. The van der Waals surface area contributed by atoms with Gasteiger partial charge in [-0.15, -0.1) is 5.10 Å². The lowest BCUT2D eigenvalue weighted by molar-refractivity contribution is -0.113. The molecule has 176 valence electrons. The van der Waals surface area contributed by atoms with Crippen molar-refractivity contribution in [2.24, 2.45) is 0 Å². The predicted molar refractivity (Wildman–Crippen MR) is 135 cm³/mol. The van der Waals surface area contributed by atoms with Crippen molar-refractivity contribution in [1.29, 1.82) is 0 Å². The molecule has 4 aromatic rings. The van der Waals surface area contributed by atoms with Crippen molar-refractivity contribution in [2.45, 2.75) is 52.1 Å². The minimum atomic E-state index is -0.135. The van der Waals surface area contributed by atoms with Crippen molar-refractivity contribution in [3.8, 4) is 11.4 Å². The number of tetrazole rings is 1. The molecular weight excluding hydrogens is 446 g/mol. The molecule has 2 aromatic carbocycles. The quantitative estimate of drug-likeness (QED) is 0.348. The summed E-state index contributed by atoms with van der Waals surface area (Å²) in [6.45, 7) is 8.08. The van der Waals surface area contributed by atoms with Crippen LogP contribution in [0.5, 0.6) is 0 Å². The molecule has 0 radical (unpaired) electrons. The number of hydrogen-bond acceptors (Lipinski definition) is 6. The Bertz CT molecular complexity index is 1260. The van der Waals surface area contributed by atoms with Crippen molar-refractivity contribution < 1.29 is 4.79 Å². The molecule has 9 heteroatoms. The molecule has 0 saturated heterocycles. The second-order valence-corrected chi connectivity index (χ2v) is 9.22. The third kappa shape index (κ3) is 5.36. The van der Waals surface area contributed by atoms with Crippen LogP contribution in [-0.2, 0) is 11.2 Å². The Balaban J connectivity index is 1.41. The zero-order chi connectivity index (χ0) is 24.1. The van der Waals surface area contributed by atoms with Crippen molar-refractivity contribution in [3.05, 3.63) is 71.0 Å². The fourth-order valence-electron chi connectivity index (χ4n) is 3.68. The Labute approximate surface area is 203 Å². The second kappa shape index (κ2) is 10.6. The molecule has 0 aliphatic rings. The van der Waals surface area contributed by atoms with E-state index in [0.29, 0.717) is 5.16 Å². The molecule has 34 heavy (non-hydrogen) atoms. The topological polar surface area (TPSA) is 90.5 Å². The van der Waals surface area contributed by atoms with E-state index in [1.165, 1.54) is 35.7 Å². The smallest absolute Gasteiger partial charge is 0.234 e. The molecule has 1 amide bonds. The van der Waals surface area contributed by atoms with Gasteiger partial charge >= 0.3 is 0 Å². The van der Waals surface area contributed by atoms with Crippen LogP contribution in [-0.4, -0.2) is 41.6 Å². The van der Waals surface area contributed by atoms with E-state index in [1.54, 1.807) is 4.68 Å². The minimum absolute atomic E-state index is 0.135. The van der Waals surface area contributed by atoms with Crippen molar-refractivity contribution >= 4 is 23.4 Å². The molecule has 8 nitrogen and oxygen atoms in total. The first-order chi connectivity index (χ1) is 16.5. The van der Waals surface area contributed by atoms with Gasteiger partial charge in [0, 0.05) is 0 Å². The normalized spacial score (nSPS) is 11.1. The van der Waals surface area contributed by atoms with E-state index in [2.05, 4.69) is 45.0 Å². The maximum absolute atomic E-state index is 12.7. The largest absolute Gasteiger partial charge is 0.322 e. The van der Waals surface area contributed by atoms with Crippen molar-refractivity contribution in [1.82, 2.24) is 30.0 Å². The van der Waals surface area contributed by atoms with E-state index >= 15 is 0 Å². The van der Waals surface area contributed by atoms with Crippen LogP contribution in [0.2, 0.25) is 0 Å². The lowest BCUT2D eigenvalue weighted by Gasteiger charge is -2.08. The van der Waals surface area contributed by atoms with Gasteiger partial charge in [-0.25, -0.2) is 4.68 Å². The van der Waals surface area contributed by atoms with Crippen LogP contribution in [0.15, 0.2) is 53.7 Å². The Morgan fingerprint density at radius 2 is 1.65 bits per heavy atom. The zero-order valence-electron chi connectivity index (χ0n) is 19.9. The Morgan fingerprint density at radius 1 is 0.971 bits per heavy atom. The van der Waals surface area contributed by atoms with Crippen LogP contribution in [0.4, 0.5) is 5.69 Å². The number of nitrogens with one attached hydrogen (secondary N) is 1. The fraction of sp³-hybridized carbons (Fsp3) is 0.320. The number of carbonyl (C=O) groups is 1. The number of rotatable bonds is 9. The van der Waals surface area contributed by atoms with E-state index in [0.717, 1.165) is 34.9 Å². The first-order valence-electron chi connectivity index (χ1n) is 11.4. The van der Waals surface area contributed by atoms with Crippen molar-refractivity contribution in [2.75, 3.05) is 11.1 Å². The van der Waals surface area contributed by atoms with Crippen LogP contribution in [0, 0.1) is 20.8 Å². The van der Waals surface area contributed by atoms with Gasteiger partial charge in [-0.2, -0.15) is 9.78 Å². The molecule has 0 aliphatic heterocycles. The first-order valence-corrected chi connectivity index (χ1v) is 12.4. The van der Waals surface area contributed by atoms with Gasteiger partial charge in [0.25, 0.3) is 0 Å². The molecule has 0 saturated carbocycles. The minimum Gasteiger partial charge on any atom is -0.322 e. The van der Waals surface area contributed by atoms with Crippen LogP contribution < -0.4 is 5.32 Å². The molecule has 0 aliphatic carbocycles. The number of benzene rings is 2. The molecule has 0 spiro atoms. The molecule has 1 N–H and O–H groups in total. The van der Waals surface area contributed by atoms with Gasteiger partial charge in [0.2, 0.25) is 11.1 Å². The SMILES string of the molecule is CCCCc1ccc(-n2nnnc2SCC(=O)Nc2c(C)nn(-c3ccc(C)cc3)c2C)cc1. The second-order valence-electron chi connectivity index (χ2n) is 8.27.